The molecule has 27 heavy (non-hydrogen) atoms. The minimum absolute atomic E-state index is 0.0566. The Morgan fingerprint density at radius 3 is 2.26 bits per heavy atom. The van der Waals surface area contributed by atoms with Gasteiger partial charge < -0.3 is 10.6 Å². The van der Waals surface area contributed by atoms with Crippen molar-refractivity contribution in [1.82, 2.24) is 4.31 Å². The van der Waals surface area contributed by atoms with Gasteiger partial charge in [0, 0.05) is 23.8 Å². The van der Waals surface area contributed by atoms with Crippen molar-refractivity contribution in [2.75, 3.05) is 22.9 Å². The standard InChI is InChI=1S/C19H29N3O4S/c1-4-13-27(25,26)22-12-6-5-7-17(22)19(24)21-16-10-8-15(9-11-16)20-18(23)14(2)3/h8-11,14,17H,4-7,12-13H2,1-3H3,(H,20,23)(H,21,24). The van der Waals surface area contributed by atoms with Crippen LogP contribution in [0.1, 0.15) is 46.5 Å². The zero-order valence-corrected chi connectivity index (χ0v) is 17.0. The van der Waals surface area contributed by atoms with Crippen LogP contribution in [0.4, 0.5) is 11.4 Å². The number of hydrogen-bond acceptors (Lipinski definition) is 4. The van der Waals surface area contributed by atoms with Crippen molar-refractivity contribution in [3.05, 3.63) is 24.3 Å². The number of amides is 2. The summed E-state index contributed by atoms with van der Waals surface area (Å²) in [6.45, 7) is 5.83. The molecule has 150 valence electrons. The zero-order valence-electron chi connectivity index (χ0n) is 16.2. The van der Waals surface area contributed by atoms with Gasteiger partial charge in [0.15, 0.2) is 0 Å². The Kier molecular flexibility index (Phi) is 7.38. The van der Waals surface area contributed by atoms with E-state index < -0.39 is 16.1 Å². The molecule has 0 bridgehead atoms. The lowest BCUT2D eigenvalue weighted by Crippen LogP contribution is -2.50. The molecule has 2 N–H and O–H groups in total. The summed E-state index contributed by atoms with van der Waals surface area (Å²) in [5.41, 5.74) is 1.22. The Bertz CT molecular complexity index is 760. The van der Waals surface area contributed by atoms with Crippen LogP contribution in [0.25, 0.3) is 0 Å². The lowest BCUT2D eigenvalue weighted by Gasteiger charge is -2.33. The number of rotatable bonds is 7. The van der Waals surface area contributed by atoms with Crippen LogP contribution in [0.5, 0.6) is 0 Å². The maximum absolute atomic E-state index is 12.7. The number of nitrogens with one attached hydrogen (secondary N) is 2. The molecular weight excluding hydrogens is 366 g/mol. The van der Waals surface area contributed by atoms with Gasteiger partial charge in [-0.15, -0.1) is 0 Å². The van der Waals surface area contributed by atoms with E-state index in [1.807, 2.05) is 20.8 Å². The predicted molar refractivity (Wildman–Crippen MR) is 107 cm³/mol. The van der Waals surface area contributed by atoms with Crippen molar-refractivity contribution in [1.29, 1.82) is 0 Å². The SMILES string of the molecule is CCCS(=O)(=O)N1CCCCC1C(=O)Nc1ccc(NC(=O)C(C)C)cc1. The lowest BCUT2D eigenvalue weighted by molar-refractivity contribution is -0.120. The Hall–Kier alpha value is -1.93. The fourth-order valence-electron chi connectivity index (χ4n) is 3.02. The van der Waals surface area contributed by atoms with Gasteiger partial charge in [0.2, 0.25) is 21.8 Å². The monoisotopic (exact) mass is 395 g/mol. The minimum Gasteiger partial charge on any atom is -0.326 e. The molecule has 1 saturated heterocycles. The number of piperidine rings is 1. The molecule has 1 aliphatic heterocycles. The van der Waals surface area contributed by atoms with Crippen LogP contribution < -0.4 is 10.6 Å². The molecule has 8 heteroatoms. The van der Waals surface area contributed by atoms with E-state index >= 15 is 0 Å². The number of nitrogens with zero attached hydrogens (tertiary/aromatic N) is 1. The molecule has 1 fully saturated rings. The van der Waals surface area contributed by atoms with Gasteiger partial charge in [-0.3, -0.25) is 9.59 Å². The highest BCUT2D eigenvalue weighted by atomic mass is 32.2. The molecule has 0 radical (unpaired) electrons. The third kappa shape index (κ3) is 5.77. The topological polar surface area (TPSA) is 95.6 Å². The number of hydrogen-bond donors (Lipinski definition) is 2. The first-order valence-corrected chi connectivity index (χ1v) is 11.1. The Morgan fingerprint density at radius 2 is 1.70 bits per heavy atom. The first kappa shape index (κ1) is 21.4. The molecular formula is C19H29N3O4S. The molecule has 2 rings (SSSR count). The molecule has 1 unspecified atom stereocenters. The third-order valence-corrected chi connectivity index (χ3v) is 6.60. The first-order chi connectivity index (χ1) is 12.7. The van der Waals surface area contributed by atoms with Crippen LogP contribution in [-0.4, -0.2) is 42.9 Å². The van der Waals surface area contributed by atoms with Crippen LogP contribution in [0.2, 0.25) is 0 Å². The maximum Gasteiger partial charge on any atom is 0.242 e. The molecule has 1 aromatic carbocycles. The van der Waals surface area contributed by atoms with Gasteiger partial charge in [-0.2, -0.15) is 4.31 Å². The van der Waals surface area contributed by atoms with Crippen molar-refractivity contribution < 1.29 is 18.0 Å². The Labute approximate surface area is 161 Å². The summed E-state index contributed by atoms with van der Waals surface area (Å²) < 4.78 is 26.3. The van der Waals surface area contributed by atoms with Gasteiger partial charge in [0.05, 0.1) is 5.75 Å². The van der Waals surface area contributed by atoms with Crippen LogP contribution in [0.3, 0.4) is 0 Å². The highest BCUT2D eigenvalue weighted by Gasteiger charge is 2.36. The van der Waals surface area contributed by atoms with Crippen LogP contribution >= 0.6 is 0 Å². The first-order valence-electron chi connectivity index (χ1n) is 9.46. The van der Waals surface area contributed by atoms with E-state index in [0.717, 1.165) is 12.8 Å². The van der Waals surface area contributed by atoms with Crippen molar-refractivity contribution in [2.24, 2.45) is 5.92 Å². The summed E-state index contributed by atoms with van der Waals surface area (Å²) in [7, 11) is -3.42. The molecule has 1 aromatic rings. The van der Waals surface area contributed by atoms with E-state index in [0.29, 0.717) is 30.8 Å². The number of sulfonamides is 1. The van der Waals surface area contributed by atoms with E-state index in [2.05, 4.69) is 10.6 Å². The normalized spacial score (nSPS) is 18.3. The van der Waals surface area contributed by atoms with Gasteiger partial charge >= 0.3 is 0 Å². The largest absolute Gasteiger partial charge is 0.326 e. The molecule has 1 heterocycles. The fourth-order valence-corrected chi connectivity index (χ4v) is 4.77. The van der Waals surface area contributed by atoms with Crippen LogP contribution in [0.15, 0.2) is 24.3 Å². The van der Waals surface area contributed by atoms with Gasteiger partial charge in [-0.05, 0) is 43.5 Å². The predicted octanol–water partition coefficient (Wildman–Crippen LogP) is 2.81. The second-order valence-electron chi connectivity index (χ2n) is 7.15. The number of anilines is 2. The molecule has 0 spiro atoms. The van der Waals surface area contributed by atoms with E-state index in [1.54, 1.807) is 24.3 Å². The number of benzene rings is 1. The third-order valence-electron chi connectivity index (χ3n) is 4.52. The molecule has 0 saturated carbocycles. The van der Waals surface area contributed by atoms with Crippen molar-refractivity contribution in [3.63, 3.8) is 0 Å². The summed E-state index contributed by atoms with van der Waals surface area (Å²) >= 11 is 0. The van der Waals surface area contributed by atoms with Crippen LogP contribution in [-0.2, 0) is 19.6 Å². The van der Waals surface area contributed by atoms with E-state index in [4.69, 9.17) is 0 Å². The van der Waals surface area contributed by atoms with E-state index in [-0.39, 0.29) is 23.5 Å². The number of carbonyl (C=O) groups excluding carboxylic acids is 2. The minimum atomic E-state index is -3.42. The Balaban J connectivity index is 2.05. The molecule has 0 aromatic heterocycles. The fraction of sp³-hybridized carbons (Fsp3) is 0.579. The summed E-state index contributed by atoms with van der Waals surface area (Å²) in [5, 5.41) is 5.59. The highest BCUT2D eigenvalue weighted by molar-refractivity contribution is 7.89. The quantitative estimate of drug-likeness (QED) is 0.742. The molecule has 1 atom stereocenters. The highest BCUT2D eigenvalue weighted by Crippen LogP contribution is 2.23. The molecule has 0 aliphatic carbocycles. The van der Waals surface area contributed by atoms with Gasteiger partial charge in [0.1, 0.15) is 6.04 Å². The van der Waals surface area contributed by atoms with Gasteiger partial charge in [0.25, 0.3) is 0 Å². The molecule has 2 amide bonds. The smallest absolute Gasteiger partial charge is 0.242 e. The number of carbonyl (C=O) groups is 2. The van der Waals surface area contributed by atoms with Crippen molar-refractivity contribution >= 4 is 33.2 Å². The molecule has 7 nitrogen and oxygen atoms in total. The Morgan fingerprint density at radius 1 is 1.11 bits per heavy atom. The average Bonchev–Trinajstić information content (AvgIpc) is 2.63. The summed E-state index contributed by atoms with van der Waals surface area (Å²) in [5.74, 6) is -0.452. The maximum atomic E-state index is 12.7. The summed E-state index contributed by atoms with van der Waals surface area (Å²) in [4.78, 5) is 24.4. The second kappa shape index (κ2) is 9.32. The van der Waals surface area contributed by atoms with E-state index in [1.165, 1.54) is 4.31 Å². The molecule has 1 aliphatic rings. The van der Waals surface area contributed by atoms with Crippen molar-refractivity contribution in [2.45, 2.75) is 52.5 Å². The average molecular weight is 396 g/mol. The second-order valence-corrected chi connectivity index (χ2v) is 9.19. The van der Waals surface area contributed by atoms with Gasteiger partial charge in [-0.25, -0.2) is 8.42 Å². The summed E-state index contributed by atoms with van der Waals surface area (Å²) in [6.07, 6.45) is 2.65. The zero-order chi connectivity index (χ0) is 20.0. The lowest BCUT2D eigenvalue weighted by atomic mass is 10.0. The summed E-state index contributed by atoms with van der Waals surface area (Å²) in [6, 6.07) is 6.14. The van der Waals surface area contributed by atoms with Gasteiger partial charge in [-0.1, -0.05) is 27.2 Å². The van der Waals surface area contributed by atoms with E-state index in [9.17, 15) is 18.0 Å². The van der Waals surface area contributed by atoms with Crippen LogP contribution in [0, 0.1) is 5.92 Å². The van der Waals surface area contributed by atoms with Crippen molar-refractivity contribution in [3.8, 4) is 0 Å².